The monoisotopic (exact) mass is 258 g/mol. The zero-order chi connectivity index (χ0) is 13.3. The summed E-state index contributed by atoms with van der Waals surface area (Å²) in [6.07, 6.45) is -3.01. The molecule has 1 aromatic rings. The molecule has 0 heterocycles. The number of nitrogens with two attached hydrogens (primary N) is 1. The Balaban J connectivity index is 2.29. The number of amides is 1. The molecule has 2 rings (SSSR count). The van der Waals surface area contributed by atoms with Gasteiger partial charge in [0.15, 0.2) is 0 Å². The normalized spacial score (nSPS) is 15.6. The molecule has 1 aliphatic carbocycles. The molecule has 1 fully saturated rings. The largest absolute Gasteiger partial charge is 0.418 e. The number of benzene rings is 1. The molecule has 1 saturated carbocycles. The van der Waals surface area contributed by atoms with Crippen molar-refractivity contribution in [2.45, 2.75) is 25.6 Å². The highest BCUT2D eigenvalue weighted by Gasteiger charge is 2.36. The van der Waals surface area contributed by atoms with Crippen LogP contribution in [0.3, 0.4) is 0 Å². The number of hydrogen-bond donors (Lipinski definition) is 2. The van der Waals surface area contributed by atoms with Gasteiger partial charge in [-0.15, -0.1) is 0 Å². The van der Waals surface area contributed by atoms with Gasteiger partial charge in [-0.2, -0.15) is 13.2 Å². The second kappa shape index (κ2) is 4.61. The Morgan fingerprint density at radius 1 is 1.39 bits per heavy atom. The third-order valence-electron chi connectivity index (χ3n) is 2.83. The van der Waals surface area contributed by atoms with Gasteiger partial charge in [-0.05, 0) is 30.5 Å². The SMILES string of the molecule is NCc1ccc(NC(=O)C2CC2)c(C(F)(F)F)c1. The van der Waals surface area contributed by atoms with Crippen LogP contribution >= 0.6 is 0 Å². The number of carbonyl (C=O) groups is 1. The summed E-state index contributed by atoms with van der Waals surface area (Å²) >= 11 is 0. The highest BCUT2D eigenvalue weighted by molar-refractivity contribution is 5.94. The van der Waals surface area contributed by atoms with E-state index in [1.54, 1.807) is 0 Å². The standard InChI is InChI=1S/C12H13F3N2O/c13-12(14,15)9-5-7(6-16)1-4-10(9)17-11(18)8-2-3-8/h1,4-5,8H,2-3,6,16H2,(H,17,18). The van der Waals surface area contributed by atoms with E-state index < -0.39 is 11.7 Å². The van der Waals surface area contributed by atoms with E-state index in [1.165, 1.54) is 12.1 Å². The molecule has 0 spiro atoms. The molecule has 1 amide bonds. The molecule has 3 N–H and O–H groups in total. The van der Waals surface area contributed by atoms with Crippen molar-refractivity contribution in [3.63, 3.8) is 0 Å². The number of nitrogens with one attached hydrogen (secondary N) is 1. The smallest absolute Gasteiger partial charge is 0.326 e. The van der Waals surface area contributed by atoms with Gasteiger partial charge >= 0.3 is 6.18 Å². The van der Waals surface area contributed by atoms with Crippen molar-refractivity contribution in [3.05, 3.63) is 29.3 Å². The van der Waals surface area contributed by atoms with E-state index in [0.29, 0.717) is 5.56 Å². The average Bonchev–Trinajstić information content (AvgIpc) is 3.11. The number of anilines is 1. The molecule has 18 heavy (non-hydrogen) atoms. The first-order valence-corrected chi connectivity index (χ1v) is 5.63. The fourth-order valence-corrected chi connectivity index (χ4v) is 1.64. The minimum absolute atomic E-state index is 0.0277. The lowest BCUT2D eigenvalue weighted by molar-refractivity contribution is -0.137. The van der Waals surface area contributed by atoms with Crippen LogP contribution in [0.1, 0.15) is 24.0 Å². The minimum atomic E-state index is -4.50. The molecule has 98 valence electrons. The summed E-state index contributed by atoms with van der Waals surface area (Å²) in [5.74, 6) is -0.485. The summed E-state index contributed by atoms with van der Waals surface area (Å²) in [6, 6.07) is 3.71. The van der Waals surface area contributed by atoms with E-state index in [1.807, 2.05) is 0 Å². The van der Waals surface area contributed by atoms with Gasteiger partial charge in [-0.3, -0.25) is 4.79 Å². The Morgan fingerprint density at radius 2 is 2.06 bits per heavy atom. The zero-order valence-corrected chi connectivity index (χ0v) is 9.55. The van der Waals surface area contributed by atoms with Crippen LogP contribution in [0, 0.1) is 5.92 Å². The molecule has 3 nitrogen and oxygen atoms in total. The minimum Gasteiger partial charge on any atom is -0.326 e. The molecular weight excluding hydrogens is 245 g/mol. The van der Waals surface area contributed by atoms with Crippen molar-refractivity contribution in [1.82, 2.24) is 0 Å². The van der Waals surface area contributed by atoms with Gasteiger partial charge in [-0.25, -0.2) is 0 Å². The first-order valence-electron chi connectivity index (χ1n) is 5.63. The number of rotatable bonds is 3. The fraction of sp³-hybridized carbons (Fsp3) is 0.417. The van der Waals surface area contributed by atoms with Crippen molar-refractivity contribution in [2.24, 2.45) is 11.7 Å². The van der Waals surface area contributed by atoms with Crippen molar-refractivity contribution in [3.8, 4) is 0 Å². The van der Waals surface area contributed by atoms with Gasteiger partial charge in [-0.1, -0.05) is 6.07 Å². The maximum atomic E-state index is 12.8. The highest BCUT2D eigenvalue weighted by atomic mass is 19.4. The van der Waals surface area contributed by atoms with Gasteiger partial charge < -0.3 is 11.1 Å². The second-order valence-electron chi connectivity index (χ2n) is 4.35. The lowest BCUT2D eigenvalue weighted by Crippen LogP contribution is -2.18. The van der Waals surface area contributed by atoms with Crippen molar-refractivity contribution < 1.29 is 18.0 Å². The molecule has 0 saturated heterocycles. The molecule has 0 radical (unpaired) electrons. The van der Waals surface area contributed by atoms with Crippen LogP contribution in [-0.4, -0.2) is 5.91 Å². The Bertz CT molecular complexity index is 467. The quantitative estimate of drug-likeness (QED) is 0.875. The Morgan fingerprint density at radius 3 is 2.56 bits per heavy atom. The van der Waals surface area contributed by atoms with E-state index in [9.17, 15) is 18.0 Å². The fourth-order valence-electron chi connectivity index (χ4n) is 1.64. The molecular formula is C12H13F3N2O. The molecule has 1 aromatic carbocycles. The maximum Gasteiger partial charge on any atom is 0.418 e. The van der Waals surface area contributed by atoms with Crippen LogP contribution in [0.25, 0.3) is 0 Å². The number of halogens is 3. The van der Waals surface area contributed by atoms with Gasteiger partial charge in [0.1, 0.15) is 0 Å². The zero-order valence-electron chi connectivity index (χ0n) is 9.55. The summed E-state index contributed by atoms with van der Waals surface area (Å²) in [5, 5.41) is 2.33. The third-order valence-corrected chi connectivity index (χ3v) is 2.83. The van der Waals surface area contributed by atoms with Crippen LogP contribution in [0.15, 0.2) is 18.2 Å². The van der Waals surface area contributed by atoms with Crippen molar-refractivity contribution in [2.75, 3.05) is 5.32 Å². The molecule has 6 heteroatoms. The highest BCUT2D eigenvalue weighted by Crippen LogP contribution is 2.37. The topological polar surface area (TPSA) is 55.1 Å². The first kappa shape index (κ1) is 12.9. The van der Waals surface area contributed by atoms with Gasteiger partial charge in [0, 0.05) is 12.5 Å². The Labute approximate surface area is 102 Å². The number of hydrogen-bond acceptors (Lipinski definition) is 2. The lowest BCUT2D eigenvalue weighted by atomic mass is 10.1. The Kier molecular flexibility index (Phi) is 3.30. The summed E-state index contributed by atoms with van der Waals surface area (Å²) in [5.41, 5.74) is 4.65. The predicted molar refractivity (Wildman–Crippen MR) is 60.7 cm³/mol. The van der Waals surface area contributed by atoms with Gasteiger partial charge in [0.2, 0.25) is 5.91 Å². The van der Waals surface area contributed by atoms with Crippen molar-refractivity contribution >= 4 is 11.6 Å². The summed E-state index contributed by atoms with van der Waals surface area (Å²) < 4.78 is 38.5. The molecule has 0 aliphatic heterocycles. The molecule has 0 unspecified atom stereocenters. The molecule has 1 aliphatic rings. The van der Waals surface area contributed by atoms with Gasteiger partial charge in [0.25, 0.3) is 0 Å². The van der Waals surface area contributed by atoms with Crippen LogP contribution in [0.5, 0.6) is 0 Å². The predicted octanol–water partition coefficient (Wildman–Crippen LogP) is 2.51. The first-order chi connectivity index (χ1) is 8.41. The van der Waals surface area contributed by atoms with E-state index >= 15 is 0 Å². The summed E-state index contributed by atoms with van der Waals surface area (Å²) in [6.45, 7) is 0.0277. The van der Waals surface area contributed by atoms with E-state index in [2.05, 4.69) is 5.32 Å². The Hall–Kier alpha value is -1.56. The number of carbonyl (C=O) groups excluding carboxylic acids is 1. The second-order valence-corrected chi connectivity index (χ2v) is 4.35. The molecule has 0 aromatic heterocycles. The third kappa shape index (κ3) is 2.81. The average molecular weight is 258 g/mol. The molecule has 0 atom stereocenters. The van der Waals surface area contributed by atoms with E-state index in [4.69, 9.17) is 5.73 Å². The summed E-state index contributed by atoms with van der Waals surface area (Å²) in [7, 11) is 0. The van der Waals surface area contributed by atoms with E-state index in [0.717, 1.165) is 18.9 Å². The van der Waals surface area contributed by atoms with Crippen LogP contribution in [-0.2, 0) is 17.5 Å². The molecule has 0 bridgehead atoms. The van der Waals surface area contributed by atoms with Crippen molar-refractivity contribution in [1.29, 1.82) is 0 Å². The summed E-state index contributed by atoms with van der Waals surface area (Å²) in [4.78, 5) is 11.5. The van der Waals surface area contributed by atoms with Crippen LogP contribution in [0.4, 0.5) is 18.9 Å². The maximum absolute atomic E-state index is 12.8. The van der Waals surface area contributed by atoms with Crippen LogP contribution < -0.4 is 11.1 Å². The lowest BCUT2D eigenvalue weighted by Gasteiger charge is -2.14. The van der Waals surface area contributed by atoms with E-state index in [-0.39, 0.29) is 24.1 Å². The van der Waals surface area contributed by atoms with Gasteiger partial charge in [0.05, 0.1) is 11.3 Å². The number of alkyl halides is 3. The van der Waals surface area contributed by atoms with Crippen LogP contribution in [0.2, 0.25) is 0 Å².